The number of nitrogen functional groups attached to an aromatic ring is 1. The molecule has 17 heavy (non-hydrogen) atoms. The predicted molar refractivity (Wildman–Crippen MR) is 67.7 cm³/mol. The van der Waals surface area contributed by atoms with E-state index in [4.69, 9.17) is 10.3 Å². The van der Waals surface area contributed by atoms with E-state index in [1.165, 1.54) is 44.9 Å². The molecule has 0 saturated heterocycles. The second-order valence-electron chi connectivity index (χ2n) is 5.87. The average molecular weight is 234 g/mol. The molecule has 2 N–H and O–H groups in total. The van der Waals surface area contributed by atoms with Gasteiger partial charge < -0.3 is 10.3 Å². The maximum Gasteiger partial charge on any atom is 0.225 e. The van der Waals surface area contributed by atoms with Crippen molar-refractivity contribution in [2.24, 2.45) is 11.8 Å². The summed E-state index contributed by atoms with van der Waals surface area (Å²) in [7, 11) is 0. The van der Waals surface area contributed by atoms with Crippen LogP contribution in [0.5, 0.6) is 0 Å². The minimum Gasteiger partial charge on any atom is -0.367 e. The van der Waals surface area contributed by atoms with Gasteiger partial charge in [-0.25, -0.2) is 0 Å². The second kappa shape index (κ2) is 4.35. The molecule has 94 valence electrons. The molecule has 3 rings (SSSR count). The van der Waals surface area contributed by atoms with Crippen LogP contribution in [-0.2, 0) is 0 Å². The zero-order chi connectivity index (χ0) is 11.8. The van der Waals surface area contributed by atoms with Gasteiger partial charge in [0.25, 0.3) is 0 Å². The lowest BCUT2D eigenvalue weighted by Gasteiger charge is -2.38. The molecule has 1 aromatic heterocycles. The Kier molecular flexibility index (Phi) is 2.85. The van der Waals surface area contributed by atoms with Gasteiger partial charge in [0.2, 0.25) is 5.88 Å². The summed E-state index contributed by atoms with van der Waals surface area (Å²) in [5.74, 6) is 3.02. The SMILES string of the molecule is Cc1c(C2CCC3CCCCC3C2)noc1N. The van der Waals surface area contributed by atoms with Crippen molar-refractivity contribution in [1.29, 1.82) is 0 Å². The molecule has 0 aromatic carbocycles. The minimum absolute atomic E-state index is 0.505. The van der Waals surface area contributed by atoms with Crippen molar-refractivity contribution in [1.82, 2.24) is 5.16 Å². The molecule has 2 aliphatic carbocycles. The first-order valence-corrected chi connectivity index (χ1v) is 6.97. The van der Waals surface area contributed by atoms with Gasteiger partial charge in [-0.3, -0.25) is 0 Å². The summed E-state index contributed by atoms with van der Waals surface area (Å²) in [6.07, 6.45) is 9.70. The highest BCUT2D eigenvalue weighted by molar-refractivity contribution is 5.39. The number of fused-ring (bicyclic) bond motifs is 1. The first-order valence-electron chi connectivity index (χ1n) is 6.97. The van der Waals surface area contributed by atoms with Gasteiger partial charge in [0.05, 0.1) is 5.69 Å². The predicted octanol–water partition coefficient (Wildman–Crippen LogP) is 3.64. The number of rotatable bonds is 1. The van der Waals surface area contributed by atoms with Crippen molar-refractivity contribution in [3.05, 3.63) is 11.3 Å². The van der Waals surface area contributed by atoms with Gasteiger partial charge in [-0.15, -0.1) is 0 Å². The zero-order valence-corrected chi connectivity index (χ0v) is 10.6. The van der Waals surface area contributed by atoms with Crippen LogP contribution in [0.3, 0.4) is 0 Å². The van der Waals surface area contributed by atoms with Gasteiger partial charge in [0.15, 0.2) is 0 Å². The summed E-state index contributed by atoms with van der Waals surface area (Å²) in [4.78, 5) is 0. The van der Waals surface area contributed by atoms with Crippen molar-refractivity contribution in [2.45, 2.75) is 57.8 Å². The lowest BCUT2D eigenvalue weighted by atomic mass is 9.67. The minimum atomic E-state index is 0.505. The van der Waals surface area contributed by atoms with Crippen LogP contribution in [0.2, 0.25) is 0 Å². The van der Waals surface area contributed by atoms with Crippen LogP contribution in [0.25, 0.3) is 0 Å². The highest BCUT2D eigenvalue weighted by Crippen LogP contribution is 2.46. The van der Waals surface area contributed by atoms with Crippen molar-refractivity contribution in [3.8, 4) is 0 Å². The molecule has 0 bridgehead atoms. The lowest BCUT2D eigenvalue weighted by molar-refractivity contribution is 0.153. The highest BCUT2D eigenvalue weighted by atomic mass is 16.5. The molecule has 2 aliphatic rings. The van der Waals surface area contributed by atoms with Crippen LogP contribution in [0.15, 0.2) is 4.52 Å². The molecule has 0 aliphatic heterocycles. The first kappa shape index (κ1) is 11.1. The molecule has 0 spiro atoms. The number of hydrogen-bond acceptors (Lipinski definition) is 3. The normalized spacial score (nSPS) is 33.4. The van der Waals surface area contributed by atoms with Gasteiger partial charge in [-0.2, -0.15) is 0 Å². The molecule has 2 fully saturated rings. The van der Waals surface area contributed by atoms with Gasteiger partial charge in [-0.1, -0.05) is 30.8 Å². The highest BCUT2D eigenvalue weighted by Gasteiger charge is 2.34. The third kappa shape index (κ3) is 1.96. The fourth-order valence-electron chi connectivity index (χ4n) is 3.86. The molecular formula is C14H22N2O. The second-order valence-corrected chi connectivity index (χ2v) is 5.87. The zero-order valence-electron chi connectivity index (χ0n) is 10.6. The van der Waals surface area contributed by atoms with Crippen LogP contribution in [0, 0.1) is 18.8 Å². The molecule has 3 unspecified atom stereocenters. The number of aromatic nitrogens is 1. The fourth-order valence-corrected chi connectivity index (χ4v) is 3.86. The van der Waals surface area contributed by atoms with Gasteiger partial charge in [0, 0.05) is 11.5 Å². The van der Waals surface area contributed by atoms with E-state index in [9.17, 15) is 0 Å². The largest absolute Gasteiger partial charge is 0.367 e. The molecule has 3 heteroatoms. The topological polar surface area (TPSA) is 52.0 Å². The van der Waals surface area contributed by atoms with E-state index in [-0.39, 0.29) is 0 Å². The van der Waals surface area contributed by atoms with Crippen LogP contribution < -0.4 is 5.73 Å². The molecule has 3 atom stereocenters. The molecule has 0 amide bonds. The number of anilines is 1. The van der Waals surface area contributed by atoms with Crippen molar-refractivity contribution in [2.75, 3.05) is 5.73 Å². The molecule has 0 radical (unpaired) electrons. The summed E-state index contributed by atoms with van der Waals surface area (Å²) in [6.45, 7) is 2.04. The van der Waals surface area contributed by atoms with Crippen molar-refractivity contribution in [3.63, 3.8) is 0 Å². The van der Waals surface area contributed by atoms with Crippen LogP contribution in [0.4, 0.5) is 5.88 Å². The Bertz CT molecular complexity index is 399. The molecule has 1 aromatic rings. The maximum atomic E-state index is 5.75. The number of nitrogens with two attached hydrogens (primary N) is 1. The number of nitrogens with zero attached hydrogens (tertiary/aromatic N) is 1. The van der Waals surface area contributed by atoms with Gasteiger partial charge in [0.1, 0.15) is 0 Å². The molecular weight excluding hydrogens is 212 g/mol. The Morgan fingerprint density at radius 1 is 1.12 bits per heavy atom. The van der Waals surface area contributed by atoms with Crippen molar-refractivity contribution >= 4 is 5.88 Å². The van der Waals surface area contributed by atoms with E-state index in [0.717, 1.165) is 23.1 Å². The Morgan fingerprint density at radius 2 is 1.88 bits per heavy atom. The molecule has 3 nitrogen and oxygen atoms in total. The third-order valence-corrected chi connectivity index (χ3v) is 4.92. The average Bonchev–Trinajstić information content (AvgIpc) is 2.70. The molecule has 2 saturated carbocycles. The quantitative estimate of drug-likeness (QED) is 0.807. The van der Waals surface area contributed by atoms with Crippen LogP contribution >= 0.6 is 0 Å². The van der Waals surface area contributed by atoms with Crippen LogP contribution in [0.1, 0.15) is 62.1 Å². The van der Waals surface area contributed by atoms with E-state index < -0.39 is 0 Å². The Hall–Kier alpha value is -0.990. The summed E-state index contributed by atoms with van der Waals surface area (Å²) in [5.41, 5.74) is 7.95. The first-order chi connectivity index (χ1) is 8.25. The lowest BCUT2D eigenvalue weighted by Crippen LogP contribution is -2.27. The summed E-state index contributed by atoms with van der Waals surface area (Å²) in [5, 5.41) is 4.18. The van der Waals surface area contributed by atoms with Crippen LogP contribution in [-0.4, -0.2) is 5.16 Å². The van der Waals surface area contributed by atoms with E-state index in [1.54, 1.807) is 0 Å². The van der Waals surface area contributed by atoms with E-state index in [0.29, 0.717) is 11.8 Å². The van der Waals surface area contributed by atoms with Gasteiger partial charge in [-0.05, 0) is 38.0 Å². The summed E-state index contributed by atoms with van der Waals surface area (Å²) >= 11 is 0. The van der Waals surface area contributed by atoms with E-state index >= 15 is 0 Å². The van der Waals surface area contributed by atoms with Crippen molar-refractivity contribution < 1.29 is 4.52 Å². The monoisotopic (exact) mass is 234 g/mol. The number of hydrogen-bond donors (Lipinski definition) is 1. The Morgan fingerprint density at radius 3 is 2.59 bits per heavy atom. The Labute approximate surface area is 103 Å². The fraction of sp³-hybridized carbons (Fsp3) is 0.786. The maximum absolute atomic E-state index is 5.75. The van der Waals surface area contributed by atoms with E-state index in [2.05, 4.69) is 5.16 Å². The summed E-state index contributed by atoms with van der Waals surface area (Å²) in [6, 6.07) is 0. The van der Waals surface area contributed by atoms with E-state index in [1.807, 2.05) is 6.92 Å². The third-order valence-electron chi connectivity index (χ3n) is 4.92. The summed E-state index contributed by atoms with van der Waals surface area (Å²) < 4.78 is 5.11. The standard InChI is InChI=1S/C14H22N2O/c1-9-13(16-17-14(9)15)12-7-6-10-4-2-3-5-11(10)8-12/h10-12H,2-8,15H2,1H3. The Balaban J connectivity index is 1.75. The smallest absolute Gasteiger partial charge is 0.225 e. The van der Waals surface area contributed by atoms with Gasteiger partial charge >= 0.3 is 0 Å². The molecule has 1 heterocycles.